The van der Waals surface area contributed by atoms with Gasteiger partial charge >= 0.3 is 7.82 Å². The molecule has 0 aromatic heterocycles. The number of ether oxygens (including phenoxy) is 1. The molecular formula is C11H20NO10P. The molecule has 0 aromatic carbocycles. The van der Waals surface area contributed by atoms with Gasteiger partial charge in [-0.3, -0.25) is 9.32 Å². The van der Waals surface area contributed by atoms with Gasteiger partial charge in [-0.2, -0.15) is 0 Å². The second-order valence-electron chi connectivity index (χ2n) is 5.10. The number of nitrogens with one attached hydrogen (secondary N) is 1. The van der Waals surface area contributed by atoms with Crippen LogP contribution in [0.4, 0.5) is 0 Å². The van der Waals surface area contributed by atoms with Gasteiger partial charge in [0, 0.05) is 12.8 Å². The van der Waals surface area contributed by atoms with E-state index in [4.69, 9.17) is 19.6 Å². The van der Waals surface area contributed by atoms with Gasteiger partial charge in [0.1, 0.15) is 30.1 Å². The van der Waals surface area contributed by atoms with Crippen LogP contribution in [0, 0.1) is 0 Å². The maximum atomic E-state index is 11.7. The standard InChI is InChI=1S/C11H20NO10P/c1-5(14)2-3-7(15)12-8-10(17)9(16)6(4-13)21-11(8)22-23(18,19)20/h6,8-11,13,16-17H,2-4H2,1H3,(H,12,15)(H2,18,19,20)/t6?,8?,9-,10?,11-/m1/s1. The molecule has 1 amide bonds. The summed E-state index contributed by atoms with van der Waals surface area (Å²) in [4.78, 5) is 40.3. The first-order valence-corrected chi connectivity index (χ1v) is 8.23. The Morgan fingerprint density at radius 1 is 1.22 bits per heavy atom. The summed E-state index contributed by atoms with van der Waals surface area (Å²) >= 11 is 0. The number of Topliss-reactive ketones (excluding diaryl/α,β-unsaturated/α-hetero) is 1. The van der Waals surface area contributed by atoms with Gasteiger partial charge in [0.15, 0.2) is 6.29 Å². The summed E-state index contributed by atoms with van der Waals surface area (Å²) in [6, 6.07) is -1.50. The molecule has 0 spiro atoms. The minimum absolute atomic E-state index is 0.0681. The maximum Gasteiger partial charge on any atom is 0.472 e. The van der Waals surface area contributed by atoms with Crippen molar-refractivity contribution in [3.8, 4) is 0 Å². The molecule has 0 radical (unpaired) electrons. The number of hydrogen-bond donors (Lipinski definition) is 6. The van der Waals surface area contributed by atoms with Crippen molar-refractivity contribution < 1.29 is 48.5 Å². The van der Waals surface area contributed by atoms with E-state index in [9.17, 15) is 24.4 Å². The molecule has 1 aliphatic rings. The lowest BCUT2D eigenvalue weighted by Crippen LogP contribution is -2.64. The van der Waals surface area contributed by atoms with Gasteiger partial charge < -0.3 is 40.0 Å². The Balaban J connectivity index is 2.85. The van der Waals surface area contributed by atoms with Crippen molar-refractivity contribution in [3.05, 3.63) is 0 Å². The molecule has 12 heteroatoms. The SMILES string of the molecule is CC(=O)CCC(=O)NC1C(O)[C@H](O)C(CO)O[C@@H]1OP(=O)(O)O. The normalized spacial score (nSPS) is 31.7. The third-order valence-electron chi connectivity index (χ3n) is 3.15. The first-order valence-electron chi connectivity index (χ1n) is 6.70. The van der Waals surface area contributed by atoms with Gasteiger partial charge in [-0.1, -0.05) is 0 Å². The minimum Gasteiger partial charge on any atom is -0.394 e. The second kappa shape index (κ2) is 8.27. The third-order valence-corrected chi connectivity index (χ3v) is 3.64. The number of rotatable bonds is 7. The van der Waals surface area contributed by atoms with Crippen LogP contribution in [0.15, 0.2) is 0 Å². The lowest BCUT2D eigenvalue weighted by Gasteiger charge is -2.41. The van der Waals surface area contributed by atoms with E-state index < -0.39 is 51.0 Å². The maximum absolute atomic E-state index is 11.7. The molecule has 0 bridgehead atoms. The zero-order valence-electron chi connectivity index (χ0n) is 12.2. The summed E-state index contributed by atoms with van der Waals surface area (Å²) in [5.74, 6) is -0.953. The van der Waals surface area contributed by atoms with E-state index in [0.717, 1.165) is 0 Å². The molecule has 5 atom stereocenters. The molecular weight excluding hydrogens is 337 g/mol. The molecule has 1 heterocycles. The highest BCUT2D eigenvalue weighted by Gasteiger charge is 2.47. The first-order chi connectivity index (χ1) is 10.5. The number of phosphoric ester groups is 1. The Labute approximate surface area is 131 Å². The quantitative estimate of drug-likeness (QED) is 0.264. The number of carbonyl (C=O) groups is 2. The summed E-state index contributed by atoms with van der Waals surface area (Å²) in [5, 5.41) is 31.0. The van der Waals surface area contributed by atoms with Gasteiger partial charge in [0.25, 0.3) is 0 Å². The predicted molar refractivity (Wildman–Crippen MR) is 72.7 cm³/mol. The zero-order chi connectivity index (χ0) is 17.8. The molecule has 1 aliphatic heterocycles. The molecule has 23 heavy (non-hydrogen) atoms. The number of amides is 1. The molecule has 0 saturated carbocycles. The number of hydrogen-bond acceptors (Lipinski definition) is 8. The highest BCUT2D eigenvalue weighted by Crippen LogP contribution is 2.40. The van der Waals surface area contributed by atoms with Crippen LogP contribution in [-0.4, -0.2) is 74.0 Å². The summed E-state index contributed by atoms with van der Waals surface area (Å²) in [6.45, 7) is 0.533. The lowest BCUT2D eigenvalue weighted by molar-refractivity contribution is -0.248. The molecule has 11 nitrogen and oxygen atoms in total. The lowest BCUT2D eigenvalue weighted by atomic mass is 9.97. The van der Waals surface area contributed by atoms with Crippen molar-refractivity contribution in [2.24, 2.45) is 0 Å². The van der Waals surface area contributed by atoms with E-state index in [1.54, 1.807) is 0 Å². The Morgan fingerprint density at radius 2 is 1.83 bits per heavy atom. The summed E-state index contributed by atoms with van der Waals surface area (Å²) in [5.41, 5.74) is 0. The predicted octanol–water partition coefficient (Wildman–Crippen LogP) is -2.61. The topological polar surface area (TPSA) is 183 Å². The van der Waals surface area contributed by atoms with Crippen molar-refractivity contribution in [2.45, 2.75) is 50.4 Å². The second-order valence-corrected chi connectivity index (χ2v) is 6.29. The van der Waals surface area contributed by atoms with E-state index in [1.807, 2.05) is 0 Å². The summed E-state index contributed by atoms with van der Waals surface area (Å²) in [7, 11) is -5.03. The molecule has 0 aliphatic carbocycles. The first kappa shape index (κ1) is 20.1. The minimum atomic E-state index is -5.03. The zero-order valence-corrected chi connectivity index (χ0v) is 13.1. The van der Waals surface area contributed by atoms with Crippen LogP contribution < -0.4 is 5.32 Å². The number of ketones is 1. The molecule has 6 N–H and O–H groups in total. The van der Waals surface area contributed by atoms with Gasteiger partial charge in [0.05, 0.1) is 6.61 Å². The van der Waals surface area contributed by atoms with Crippen LogP contribution >= 0.6 is 7.82 Å². The third kappa shape index (κ3) is 6.24. The van der Waals surface area contributed by atoms with Crippen LogP contribution in [0.5, 0.6) is 0 Å². The van der Waals surface area contributed by atoms with E-state index in [-0.39, 0.29) is 18.6 Å². The van der Waals surface area contributed by atoms with Crippen LogP contribution in [-0.2, 0) is 23.4 Å². The van der Waals surface area contributed by atoms with Crippen LogP contribution in [0.25, 0.3) is 0 Å². The number of carbonyl (C=O) groups excluding carboxylic acids is 2. The van der Waals surface area contributed by atoms with E-state index >= 15 is 0 Å². The smallest absolute Gasteiger partial charge is 0.394 e. The highest BCUT2D eigenvalue weighted by molar-refractivity contribution is 7.46. The number of aliphatic hydroxyl groups is 3. The van der Waals surface area contributed by atoms with Crippen molar-refractivity contribution in [1.82, 2.24) is 5.32 Å². The molecule has 1 rings (SSSR count). The number of phosphoric acid groups is 1. The van der Waals surface area contributed by atoms with Crippen LogP contribution in [0.1, 0.15) is 19.8 Å². The Hall–Kier alpha value is -0.910. The largest absolute Gasteiger partial charge is 0.472 e. The highest BCUT2D eigenvalue weighted by atomic mass is 31.2. The van der Waals surface area contributed by atoms with Crippen LogP contribution in [0.3, 0.4) is 0 Å². The van der Waals surface area contributed by atoms with Crippen LogP contribution in [0.2, 0.25) is 0 Å². The van der Waals surface area contributed by atoms with E-state index in [2.05, 4.69) is 9.84 Å². The summed E-state index contributed by atoms with van der Waals surface area (Å²) < 4.78 is 20.3. The van der Waals surface area contributed by atoms with Crippen molar-refractivity contribution in [3.63, 3.8) is 0 Å². The fraction of sp³-hybridized carbons (Fsp3) is 0.818. The average Bonchev–Trinajstić information content (AvgIpc) is 2.43. The van der Waals surface area contributed by atoms with Gasteiger partial charge in [-0.25, -0.2) is 4.57 Å². The molecule has 1 fully saturated rings. The van der Waals surface area contributed by atoms with Crippen molar-refractivity contribution >= 4 is 19.5 Å². The Kier molecular flexibility index (Phi) is 7.24. The fourth-order valence-electron chi connectivity index (χ4n) is 2.01. The Bertz CT molecular complexity index is 479. The van der Waals surface area contributed by atoms with E-state index in [1.165, 1.54) is 6.92 Å². The van der Waals surface area contributed by atoms with E-state index in [0.29, 0.717) is 0 Å². The van der Waals surface area contributed by atoms with Crippen molar-refractivity contribution in [1.29, 1.82) is 0 Å². The number of aliphatic hydroxyl groups excluding tert-OH is 3. The van der Waals surface area contributed by atoms with Gasteiger partial charge in [-0.05, 0) is 6.92 Å². The molecule has 134 valence electrons. The Morgan fingerprint density at radius 3 is 2.30 bits per heavy atom. The monoisotopic (exact) mass is 357 g/mol. The average molecular weight is 357 g/mol. The van der Waals surface area contributed by atoms with Crippen molar-refractivity contribution in [2.75, 3.05) is 6.61 Å². The molecule has 0 aromatic rings. The fourth-order valence-corrected chi connectivity index (χ4v) is 2.46. The summed E-state index contributed by atoms with van der Waals surface area (Å²) in [6.07, 6.45) is -6.77. The van der Waals surface area contributed by atoms with Gasteiger partial charge in [0.2, 0.25) is 5.91 Å². The molecule has 3 unspecified atom stereocenters. The molecule has 1 saturated heterocycles. The van der Waals surface area contributed by atoms with Gasteiger partial charge in [-0.15, -0.1) is 0 Å².